The Morgan fingerprint density at radius 1 is 1.25 bits per heavy atom. The molecule has 2 atom stereocenters. The van der Waals surface area contributed by atoms with Gasteiger partial charge in [-0.25, -0.2) is 0 Å². The van der Waals surface area contributed by atoms with Crippen molar-refractivity contribution < 1.29 is 0 Å². The minimum atomic E-state index is 0.154. The molecule has 20 heavy (non-hydrogen) atoms. The van der Waals surface area contributed by atoms with Crippen LogP contribution in [0.3, 0.4) is 0 Å². The summed E-state index contributed by atoms with van der Waals surface area (Å²) in [6, 6.07) is 13.1. The lowest BCUT2D eigenvalue weighted by Gasteiger charge is -2.32. The van der Waals surface area contributed by atoms with Gasteiger partial charge in [-0.05, 0) is 36.5 Å². The normalized spacial score (nSPS) is 14.4. The van der Waals surface area contributed by atoms with Gasteiger partial charge in [-0.2, -0.15) is 0 Å². The van der Waals surface area contributed by atoms with Crippen LogP contribution in [0, 0.1) is 0 Å². The standard InChI is InChI=1S/C16H21BrN2S/c1-3-14(18)16(15-9-6-10-20-15)19(2)11-12-7-4-5-8-13(12)17/h4-10,14,16H,3,11,18H2,1-2H3. The molecule has 0 aliphatic carbocycles. The van der Waals surface area contributed by atoms with Gasteiger partial charge < -0.3 is 5.73 Å². The van der Waals surface area contributed by atoms with Crippen LogP contribution in [-0.2, 0) is 6.54 Å². The Morgan fingerprint density at radius 2 is 2.00 bits per heavy atom. The van der Waals surface area contributed by atoms with E-state index in [1.54, 1.807) is 11.3 Å². The summed E-state index contributed by atoms with van der Waals surface area (Å²) in [5.74, 6) is 0. The zero-order valence-corrected chi connectivity index (χ0v) is 14.3. The van der Waals surface area contributed by atoms with Crippen LogP contribution >= 0.6 is 27.3 Å². The average molecular weight is 353 g/mol. The second-order valence-electron chi connectivity index (χ2n) is 5.04. The summed E-state index contributed by atoms with van der Waals surface area (Å²) in [6.07, 6.45) is 0.975. The molecule has 0 aliphatic heterocycles. The molecule has 2 nitrogen and oxygen atoms in total. The smallest absolute Gasteiger partial charge is 0.0593 e. The van der Waals surface area contributed by atoms with E-state index < -0.39 is 0 Å². The van der Waals surface area contributed by atoms with Gasteiger partial charge in [-0.3, -0.25) is 4.90 Å². The number of hydrogen-bond acceptors (Lipinski definition) is 3. The fraction of sp³-hybridized carbons (Fsp3) is 0.375. The molecule has 0 spiro atoms. The first-order chi connectivity index (χ1) is 9.63. The van der Waals surface area contributed by atoms with Crippen LogP contribution in [-0.4, -0.2) is 18.0 Å². The first-order valence-corrected chi connectivity index (χ1v) is 8.53. The van der Waals surface area contributed by atoms with E-state index in [0.29, 0.717) is 0 Å². The Hall–Kier alpha value is -0.680. The Bertz CT molecular complexity index is 527. The highest BCUT2D eigenvalue weighted by atomic mass is 79.9. The van der Waals surface area contributed by atoms with Crippen LogP contribution < -0.4 is 5.73 Å². The number of halogens is 1. The minimum absolute atomic E-state index is 0.154. The molecule has 0 aliphatic rings. The Morgan fingerprint density at radius 3 is 2.60 bits per heavy atom. The van der Waals surface area contributed by atoms with Crippen molar-refractivity contribution in [3.8, 4) is 0 Å². The molecule has 1 aromatic heterocycles. The number of hydrogen-bond donors (Lipinski definition) is 1. The topological polar surface area (TPSA) is 29.3 Å². The largest absolute Gasteiger partial charge is 0.326 e. The molecule has 108 valence electrons. The van der Waals surface area contributed by atoms with E-state index >= 15 is 0 Å². The van der Waals surface area contributed by atoms with E-state index in [1.165, 1.54) is 10.4 Å². The molecule has 0 amide bonds. The molecule has 2 unspecified atom stereocenters. The van der Waals surface area contributed by atoms with Gasteiger partial charge in [0.15, 0.2) is 0 Å². The van der Waals surface area contributed by atoms with E-state index in [0.717, 1.165) is 17.4 Å². The van der Waals surface area contributed by atoms with E-state index in [9.17, 15) is 0 Å². The van der Waals surface area contributed by atoms with Crippen molar-refractivity contribution in [3.63, 3.8) is 0 Å². The van der Waals surface area contributed by atoms with Crippen molar-refractivity contribution in [3.05, 3.63) is 56.7 Å². The van der Waals surface area contributed by atoms with Crippen LogP contribution in [0.5, 0.6) is 0 Å². The number of nitrogens with two attached hydrogens (primary N) is 1. The number of likely N-dealkylation sites (N-methyl/N-ethyl adjacent to an activating group) is 1. The van der Waals surface area contributed by atoms with Gasteiger partial charge in [-0.15, -0.1) is 11.3 Å². The maximum Gasteiger partial charge on any atom is 0.0593 e. The third-order valence-electron chi connectivity index (χ3n) is 3.56. The van der Waals surface area contributed by atoms with E-state index in [2.05, 4.69) is 70.5 Å². The summed E-state index contributed by atoms with van der Waals surface area (Å²) in [5, 5.41) is 2.12. The quantitative estimate of drug-likeness (QED) is 0.833. The predicted octanol–water partition coefficient (Wildman–Crippen LogP) is 4.42. The zero-order chi connectivity index (χ0) is 14.5. The fourth-order valence-electron chi connectivity index (χ4n) is 2.43. The SMILES string of the molecule is CCC(N)C(c1cccs1)N(C)Cc1ccccc1Br. The molecule has 0 radical (unpaired) electrons. The van der Waals surface area contributed by atoms with Crippen molar-refractivity contribution >= 4 is 27.3 Å². The van der Waals surface area contributed by atoms with Gasteiger partial charge >= 0.3 is 0 Å². The third kappa shape index (κ3) is 3.70. The zero-order valence-electron chi connectivity index (χ0n) is 11.9. The van der Waals surface area contributed by atoms with Gasteiger partial charge in [0.1, 0.15) is 0 Å². The lowest BCUT2D eigenvalue weighted by atomic mass is 10.0. The molecule has 0 saturated heterocycles. The van der Waals surface area contributed by atoms with Gasteiger partial charge in [0.05, 0.1) is 6.04 Å². The van der Waals surface area contributed by atoms with Crippen LogP contribution in [0.25, 0.3) is 0 Å². The average Bonchev–Trinajstić information content (AvgIpc) is 2.95. The first kappa shape index (κ1) is 15.7. The maximum absolute atomic E-state index is 6.35. The molecule has 0 fully saturated rings. The second-order valence-corrected chi connectivity index (χ2v) is 6.87. The molecule has 1 heterocycles. The molecule has 0 saturated carbocycles. The molecule has 4 heteroatoms. The first-order valence-electron chi connectivity index (χ1n) is 6.86. The summed E-state index contributed by atoms with van der Waals surface area (Å²) in [6.45, 7) is 3.04. The third-order valence-corrected chi connectivity index (χ3v) is 5.28. The maximum atomic E-state index is 6.35. The fourth-order valence-corrected chi connectivity index (χ4v) is 3.81. The summed E-state index contributed by atoms with van der Waals surface area (Å²) in [7, 11) is 2.15. The second kappa shape index (κ2) is 7.36. The number of benzene rings is 1. The molecular weight excluding hydrogens is 332 g/mol. The highest BCUT2D eigenvalue weighted by Gasteiger charge is 2.24. The van der Waals surface area contributed by atoms with E-state index in [4.69, 9.17) is 5.73 Å². The Balaban J connectivity index is 2.19. The summed E-state index contributed by atoms with van der Waals surface area (Å²) < 4.78 is 1.15. The minimum Gasteiger partial charge on any atom is -0.326 e. The molecule has 2 aromatic rings. The molecule has 1 aromatic carbocycles. The molecular formula is C16H21BrN2S. The summed E-state index contributed by atoms with van der Waals surface area (Å²) in [4.78, 5) is 3.69. The van der Waals surface area contributed by atoms with Crippen molar-refractivity contribution in [1.82, 2.24) is 4.90 Å². The van der Waals surface area contributed by atoms with Crippen LogP contribution in [0.4, 0.5) is 0 Å². The van der Waals surface area contributed by atoms with Crippen molar-refractivity contribution in [2.24, 2.45) is 5.73 Å². The highest BCUT2D eigenvalue weighted by molar-refractivity contribution is 9.10. The monoisotopic (exact) mass is 352 g/mol. The molecule has 0 bridgehead atoms. The Labute approximate surface area is 133 Å². The highest BCUT2D eigenvalue weighted by Crippen LogP contribution is 2.30. The van der Waals surface area contributed by atoms with E-state index in [-0.39, 0.29) is 12.1 Å². The van der Waals surface area contributed by atoms with E-state index in [1.807, 2.05) is 6.07 Å². The van der Waals surface area contributed by atoms with Gasteiger partial charge in [-0.1, -0.05) is 47.1 Å². The molecule has 2 N–H and O–H groups in total. The van der Waals surface area contributed by atoms with Crippen LogP contribution in [0.15, 0.2) is 46.3 Å². The predicted molar refractivity (Wildman–Crippen MR) is 90.9 cm³/mol. The Kier molecular flexibility index (Phi) is 5.78. The summed E-state index contributed by atoms with van der Waals surface area (Å²) >= 11 is 5.41. The lowest BCUT2D eigenvalue weighted by molar-refractivity contribution is 0.204. The van der Waals surface area contributed by atoms with Gasteiger partial charge in [0.2, 0.25) is 0 Å². The van der Waals surface area contributed by atoms with Crippen LogP contribution in [0.1, 0.15) is 29.8 Å². The number of nitrogens with zero attached hydrogens (tertiary/aromatic N) is 1. The van der Waals surface area contributed by atoms with Crippen molar-refractivity contribution in [2.75, 3.05) is 7.05 Å². The lowest BCUT2D eigenvalue weighted by Crippen LogP contribution is -2.38. The number of thiophene rings is 1. The van der Waals surface area contributed by atoms with Crippen molar-refractivity contribution in [1.29, 1.82) is 0 Å². The van der Waals surface area contributed by atoms with Gasteiger partial charge in [0, 0.05) is 21.9 Å². The molecule has 2 rings (SSSR count). The summed E-state index contributed by atoms with van der Waals surface area (Å²) in [5.41, 5.74) is 7.65. The van der Waals surface area contributed by atoms with Gasteiger partial charge in [0.25, 0.3) is 0 Å². The number of rotatable bonds is 6. The van der Waals surface area contributed by atoms with Crippen molar-refractivity contribution in [2.45, 2.75) is 32.0 Å². The van der Waals surface area contributed by atoms with Crippen LogP contribution in [0.2, 0.25) is 0 Å².